The van der Waals surface area contributed by atoms with Gasteiger partial charge in [0.05, 0.1) is 0 Å². The van der Waals surface area contributed by atoms with Gasteiger partial charge in [-0.2, -0.15) is 0 Å². The molecular weight excluding hydrogens is 172 g/mol. The quantitative estimate of drug-likeness (QED) is 0.464. The molecule has 0 bridgehead atoms. The van der Waals surface area contributed by atoms with Crippen LogP contribution < -0.4 is 0 Å². The molecule has 0 aliphatic carbocycles. The molecule has 2 atom stereocenters. The summed E-state index contributed by atoms with van der Waals surface area (Å²) in [6.07, 6.45) is 1.08. The second kappa shape index (κ2) is 6.73. The highest BCUT2D eigenvalue weighted by Gasteiger charge is 2.18. The van der Waals surface area contributed by atoms with Gasteiger partial charge in [0.1, 0.15) is 0 Å². The maximum Gasteiger partial charge on any atom is 0.0469 e. The van der Waals surface area contributed by atoms with Crippen molar-refractivity contribution in [3.05, 3.63) is 0 Å². The van der Waals surface area contributed by atoms with Crippen molar-refractivity contribution in [1.82, 2.24) is 0 Å². The second-order valence-corrected chi connectivity index (χ2v) is 4.26. The maximum absolute atomic E-state index is 6.06. The summed E-state index contributed by atoms with van der Waals surface area (Å²) < 4.78 is 5.31. The predicted octanol–water partition coefficient (Wildman–Crippen LogP) is 3.31. The van der Waals surface area contributed by atoms with Gasteiger partial charge in [-0.3, -0.25) is 0 Å². The van der Waals surface area contributed by atoms with E-state index in [4.69, 9.17) is 16.3 Å². The molecule has 74 valence electrons. The van der Waals surface area contributed by atoms with Crippen LogP contribution in [0, 0.1) is 11.8 Å². The first-order valence-corrected chi connectivity index (χ1v) is 5.25. The van der Waals surface area contributed by atoms with Gasteiger partial charge in [-0.05, 0) is 32.1 Å². The number of halogens is 1. The van der Waals surface area contributed by atoms with Gasteiger partial charge in [0.15, 0.2) is 0 Å². The maximum atomic E-state index is 6.06. The molecule has 0 saturated heterocycles. The van der Waals surface area contributed by atoms with Crippen molar-refractivity contribution in [2.75, 3.05) is 13.2 Å². The van der Waals surface area contributed by atoms with E-state index >= 15 is 0 Å². The van der Waals surface area contributed by atoms with Gasteiger partial charge in [0, 0.05) is 18.6 Å². The molecule has 0 spiro atoms. The third kappa shape index (κ3) is 5.00. The highest BCUT2D eigenvalue weighted by atomic mass is 35.5. The van der Waals surface area contributed by atoms with Crippen LogP contribution in [0.2, 0.25) is 0 Å². The molecule has 2 heteroatoms. The Bertz CT molecular complexity index is 94.0. The van der Waals surface area contributed by atoms with E-state index in [1.807, 2.05) is 6.92 Å². The lowest BCUT2D eigenvalue weighted by Crippen LogP contribution is -2.20. The fourth-order valence-corrected chi connectivity index (χ4v) is 1.87. The van der Waals surface area contributed by atoms with E-state index < -0.39 is 0 Å². The zero-order valence-corrected chi connectivity index (χ0v) is 9.40. The summed E-state index contributed by atoms with van der Waals surface area (Å²) >= 11 is 6.06. The molecule has 0 radical (unpaired) electrons. The minimum atomic E-state index is 0.255. The zero-order chi connectivity index (χ0) is 9.56. The molecule has 1 nitrogen and oxygen atoms in total. The summed E-state index contributed by atoms with van der Waals surface area (Å²) in [5.74, 6) is 1.23. The number of ether oxygens (including phenoxy) is 1. The predicted molar refractivity (Wildman–Crippen MR) is 54.8 cm³/mol. The van der Waals surface area contributed by atoms with Crippen LogP contribution in [-0.4, -0.2) is 18.6 Å². The van der Waals surface area contributed by atoms with E-state index in [1.54, 1.807) is 0 Å². The Labute approximate surface area is 81.4 Å². The summed E-state index contributed by atoms with van der Waals surface area (Å²) in [5.41, 5.74) is 0. The van der Waals surface area contributed by atoms with E-state index in [2.05, 4.69) is 20.8 Å². The molecule has 0 aliphatic heterocycles. The molecule has 0 N–H and O–H groups in total. The monoisotopic (exact) mass is 192 g/mol. The van der Waals surface area contributed by atoms with Gasteiger partial charge in [0.25, 0.3) is 0 Å². The van der Waals surface area contributed by atoms with E-state index in [9.17, 15) is 0 Å². The van der Waals surface area contributed by atoms with Crippen molar-refractivity contribution in [2.24, 2.45) is 11.8 Å². The van der Waals surface area contributed by atoms with Crippen LogP contribution in [0.25, 0.3) is 0 Å². The molecule has 0 rings (SSSR count). The Kier molecular flexibility index (Phi) is 6.87. The van der Waals surface area contributed by atoms with Crippen molar-refractivity contribution in [2.45, 2.75) is 39.5 Å². The van der Waals surface area contributed by atoms with Crippen LogP contribution in [0.15, 0.2) is 0 Å². The molecule has 0 heterocycles. The Morgan fingerprint density at radius 3 is 2.17 bits per heavy atom. The summed E-state index contributed by atoms with van der Waals surface area (Å²) in [6, 6.07) is 0. The van der Waals surface area contributed by atoms with Gasteiger partial charge >= 0.3 is 0 Å². The highest BCUT2D eigenvalue weighted by molar-refractivity contribution is 6.20. The van der Waals surface area contributed by atoms with Gasteiger partial charge in [-0.1, -0.05) is 13.8 Å². The molecule has 2 unspecified atom stereocenters. The van der Waals surface area contributed by atoms with Crippen LogP contribution in [0.1, 0.15) is 34.1 Å². The highest BCUT2D eigenvalue weighted by Crippen LogP contribution is 2.23. The van der Waals surface area contributed by atoms with E-state index in [1.165, 1.54) is 0 Å². The van der Waals surface area contributed by atoms with Gasteiger partial charge in [0.2, 0.25) is 0 Å². The largest absolute Gasteiger partial charge is 0.382 e. The lowest BCUT2D eigenvalue weighted by molar-refractivity contribution is 0.124. The van der Waals surface area contributed by atoms with Crippen LogP contribution >= 0.6 is 11.6 Å². The third-order valence-electron chi connectivity index (χ3n) is 2.25. The smallest absolute Gasteiger partial charge is 0.0469 e. The zero-order valence-electron chi connectivity index (χ0n) is 8.64. The van der Waals surface area contributed by atoms with Crippen molar-refractivity contribution in [3.8, 4) is 0 Å². The third-order valence-corrected chi connectivity index (χ3v) is 2.57. The van der Waals surface area contributed by atoms with Gasteiger partial charge in [-0.25, -0.2) is 0 Å². The molecule has 0 saturated carbocycles. The standard InChI is InChI=1S/C10H21ClO/c1-5-12-7-6-10(8(2)3)9(4)11/h8-10H,5-7H2,1-4H3. The van der Waals surface area contributed by atoms with Crippen LogP contribution in [0.4, 0.5) is 0 Å². The SMILES string of the molecule is CCOCCC(C(C)C)C(C)Cl. The minimum absolute atomic E-state index is 0.255. The van der Waals surface area contributed by atoms with Crippen LogP contribution in [0.5, 0.6) is 0 Å². The van der Waals surface area contributed by atoms with Crippen molar-refractivity contribution < 1.29 is 4.74 Å². The summed E-state index contributed by atoms with van der Waals surface area (Å²) in [7, 11) is 0. The molecular formula is C10H21ClO. The molecule has 12 heavy (non-hydrogen) atoms. The van der Waals surface area contributed by atoms with Gasteiger partial charge in [-0.15, -0.1) is 11.6 Å². The molecule has 0 aromatic carbocycles. The van der Waals surface area contributed by atoms with Crippen LogP contribution in [-0.2, 0) is 4.74 Å². The number of rotatable bonds is 6. The topological polar surface area (TPSA) is 9.23 Å². The van der Waals surface area contributed by atoms with Crippen molar-refractivity contribution in [1.29, 1.82) is 0 Å². The Morgan fingerprint density at radius 2 is 1.83 bits per heavy atom. The summed E-state index contributed by atoms with van der Waals surface area (Å²) in [5, 5.41) is 0.255. The fraction of sp³-hybridized carbons (Fsp3) is 1.00. The van der Waals surface area contributed by atoms with Crippen molar-refractivity contribution in [3.63, 3.8) is 0 Å². The Balaban J connectivity index is 3.64. The van der Waals surface area contributed by atoms with Crippen LogP contribution in [0.3, 0.4) is 0 Å². The summed E-state index contributed by atoms with van der Waals surface area (Å²) in [4.78, 5) is 0. The number of alkyl halides is 1. The first kappa shape index (κ1) is 12.2. The first-order valence-electron chi connectivity index (χ1n) is 4.81. The summed E-state index contributed by atoms with van der Waals surface area (Å²) in [6.45, 7) is 10.2. The van der Waals surface area contributed by atoms with Crippen molar-refractivity contribution >= 4 is 11.6 Å². The molecule has 0 aromatic rings. The Morgan fingerprint density at radius 1 is 1.25 bits per heavy atom. The lowest BCUT2D eigenvalue weighted by Gasteiger charge is -2.22. The average molecular weight is 193 g/mol. The van der Waals surface area contributed by atoms with E-state index in [-0.39, 0.29) is 5.38 Å². The molecule has 0 aromatic heterocycles. The number of hydrogen-bond acceptors (Lipinski definition) is 1. The second-order valence-electron chi connectivity index (χ2n) is 3.57. The Hall–Kier alpha value is 0.250. The van der Waals surface area contributed by atoms with E-state index in [0.29, 0.717) is 11.8 Å². The number of hydrogen-bond donors (Lipinski definition) is 0. The lowest BCUT2D eigenvalue weighted by atomic mass is 9.90. The molecule has 0 amide bonds. The average Bonchev–Trinajstić information content (AvgIpc) is 1.96. The first-order chi connectivity index (χ1) is 5.59. The minimum Gasteiger partial charge on any atom is -0.382 e. The normalized spacial score (nSPS) is 16.5. The van der Waals surface area contributed by atoms with E-state index in [0.717, 1.165) is 19.6 Å². The molecule has 0 aliphatic rings. The molecule has 0 fully saturated rings. The fourth-order valence-electron chi connectivity index (χ4n) is 1.46. The van der Waals surface area contributed by atoms with Gasteiger partial charge < -0.3 is 4.74 Å².